The van der Waals surface area contributed by atoms with Gasteiger partial charge in [-0.2, -0.15) is 0 Å². The summed E-state index contributed by atoms with van der Waals surface area (Å²) in [4.78, 5) is 8.58. The molecule has 2 aromatic rings. The first kappa shape index (κ1) is 14.8. The number of rotatable bonds is 6. The van der Waals surface area contributed by atoms with Gasteiger partial charge in [0.25, 0.3) is 0 Å². The summed E-state index contributed by atoms with van der Waals surface area (Å²) in [6.45, 7) is 5.00. The number of hydrogen-bond donors (Lipinski definition) is 1. The molecule has 5 heteroatoms. The summed E-state index contributed by atoms with van der Waals surface area (Å²) in [6, 6.07) is 7.75. The molecule has 1 heterocycles. The van der Waals surface area contributed by atoms with E-state index in [4.69, 9.17) is 4.74 Å². The van der Waals surface area contributed by atoms with Crippen LogP contribution >= 0.6 is 15.9 Å². The summed E-state index contributed by atoms with van der Waals surface area (Å²) < 4.78 is 6.85. The lowest BCUT2D eigenvalue weighted by Gasteiger charge is -2.14. The topological polar surface area (TPSA) is 47.0 Å². The smallest absolute Gasteiger partial charge is 0.227 e. The van der Waals surface area contributed by atoms with Gasteiger partial charge in [-0.25, -0.2) is 9.97 Å². The van der Waals surface area contributed by atoms with E-state index in [1.165, 1.54) is 6.33 Å². The van der Waals surface area contributed by atoms with Crippen molar-refractivity contribution in [2.24, 2.45) is 0 Å². The van der Waals surface area contributed by atoms with Gasteiger partial charge >= 0.3 is 0 Å². The van der Waals surface area contributed by atoms with Crippen LogP contribution in [0.25, 0.3) is 0 Å². The van der Waals surface area contributed by atoms with Gasteiger partial charge in [-0.1, -0.05) is 25.5 Å². The van der Waals surface area contributed by atoms with Crippen LogP contribution in [-0.2, 0) is 6.42 Å². The second-order valence-corrected chi connectivity index (χ2v) is 5.17. The minimum absolute atomic E-state index is 0.615. The zero-order valence-corrected chi connectivity index (χ0v) is 13.3. The molecule has 4 nitrogen and oxygen atoms in total. The highest BCUT2D eigenvalue weighted by Gasteiger charge is 2.13. The van der Waals surface area contributed by atoms with Crippen molar-refractivity contribution in [1.82, 2.24) is 9.97 Å². The molecule has 1 aromatic carbocycles. The monoisotopic (exact) mass is 335 g/mol. The van der Waals surface area contributed by atoms with Crippen molar-refractivity contribution in [2.45, 2.75) is 26.7 Å². The van der Waals surface area contributed by atoms with Crippen molar-refractivity contribution in [3.63, 3.8) is 0 Å². The molecule has 0 saturated heterocycles. The molecular formula is C15H18BrN3O. The number of benzene rings is 1. The van der Waals surface area contributed by atoms with Gasteiger partial charge in [0.1, 0.15) is 17.9 Å². The molecule has 20 heavy (non-hydrogen) atoms. The van der Waals surface area contributed by atoms with Crippen molar-refractivity contribution in [3.8, 4) is 11.6 Å². The molecule has 0 spiro atoms. The zero-order valence-electron chi connectivity index (χ0n) is 11.7. The highest BCUT2D eigenvalue weighted by molar-refractivity contribution is 9.10. The molecular weight excluding hydrogens is 318 g/mol. The number of ether oxygens (including phenoxy) is 1. The van der Waals surface area contributed by atoms with Crippen LogP contribution in [0.4, 0.5) is 5.82 Å². The Kier molecular flexibility index (Phi) is 5.35. The Hall–Kier alpha value is -1.62. The Morgan fingerprint density at radius 3 is 2.70 bits per heavy atom. The van der Waals surface area contributed by atoms with Crippen LogP contribution in [0.3, 0.4) is 0 Å². The van der Waals surface area contributed by atoms with Crippen molar-refractivity contribution in [3.05, 3.63) is 40.6 Å². The third-order valence-corrected chi connectivity index (χ3v) is 3.45. The van der Waals surface area contributed by atoms with Gasteiger partial charge in [0.2, 0.25) is 5.88 Å². The number of para-hydroxylation sites is 1. The second-order valence-electron chi connectivity index (χ2n) is 4.32. The van der Waals surface area contributed by atoms with Gasteiger partial charge in [0.05, 0.1) is 10.0 Å². The fraction of sp³-hybridized carbons (Fsp3) is 0.333. The minimum Gasteiger partial charge on any atom is -0.437 e. The van der Waals surface area contributed by atoms with Crippen LogP contribution in [0.2, 0.25) is 0 Å². The molecule has 1 aromatic heterocycles. The molecule has 0 unspecified atom stereocenters. The minimum atomic E-state index is 0.615. The van der Waals surface area contributed by atoms with E-state index in [1.807, 2.05) is 31.2 Å². The first-order valence-electron chi connectivity index (χ1n) is 6.76. The lowest BCUT2D eigenvalue weighted by Crippen LogP contribution is -2.06. The summed E-state index contributed by atoms with van der Waals surface area (Å²) in [6.07, 6.45) is 3.42. The molecule has 1 N–H and O–H groups in total. The first-order valence-corrected chi connectivity index (χ1v) is 7.55. The standard InChI is InChI=1S/C15H18BrN3O/c1-3-7-11-14(17-4-2)18-10-19-15(11)20-13-9-6-5-8-12(13)16/h5-6,8-10H,3-4,7H2,1-2H3,(H,17,18,19). The predicted molar refractivity (Wildman–Crippen MR) is 84.4 cm³/mol. The van der Waals surface area contributed by atoms with Crippen molar-refractivity contribution in [2.75, 3.05) is 11.9 Å². The van der Waals surface area contributed by atoms with Crippen LogP contribution in [0, 0.1) is 0 Å². The van der Waals surface area contributed by atoms with E-state index < -0.39 is 0 Å². The molecule has 106 valence electrons. The van der Waals surface area contributed by atoms with E-state index >= 15 is 0 Å². The Balaban J connectivity index is 2.35. The van der Waals surface area contributed by atoms with E-state index in [-0.39, 0.29) is 0 Å². The number of nitrogens with one attached hydrogen (secondary N) is 1. The summed E-state index contributed by atoms with van der Waals surface area (Å²) in [5.74, 6) is 2.22. The predicted octanol–water partition coefficient (Wildman–Crippen LogP) is 4.42. The molecule has 0 aliphatic heterocycles. The molecule has 2 rings (SSSR count). The highest BCUT2D eigenvalue weighted by Crippen LogP contribution is 2.32. The van der Waals surface area contributed by atoms with E-state index in [2.05, 4.69) is 38.1 Å². The van der Waals surface area contributed by atoms with Crippen LogP contribution in [-0.4, -0.2) is 16.5 Å². The molecule has 0 amide bonds. The van der Waals surface area contributed by atoms with Gasteiger partial charge in [-0.05, 0) is 41.4 Å². The van der Waals surface area contributed by atoms with E-state index in [0.29, 0.717) is 5.88 Å². The van der Waals surface area contributed by atoms with Crippen molar-refractivity contribution < 1.29 is 4.74 Å². The lowest BCUT2D eigenvalue weighted by atomic mass is 10.1. The average Bonchev–Trinajstić information content (AvgIpc) is 2.45. The molecule has 0 radical (unpaired) electrons. The molecule has 0 bridgehead atoms. The van der Waals surface area contributed by atoms with Gasteiger partial charge in [-0.3, -0.25) is 0 Å². The maximum atomic E-state index is 5.94. The quantitative estimate of drug-likeness (QED) is 0.848. The van der Waals surface area contributed by atoms with Gasteiger partial charge in [0.15, 0.2) is 0 Å². The zero-order chi connectivity index (χ0) is 14.4. The lowest BCUT2D eigenvalue weighted by molar-refractivity contribution is 0.451. The summed E-state index contributed by atoms with van der Waals surface area (Å²) in [5, 5.41) is 3.26. The highest BCUT2D eigenvalue weighted by atomic mass is 79.9. The van der Waals surface area contributed by atoms with E-state index in [9.17, 15) is 0 Å². The molecule has 0 aliphatic carbocycles. The Morgan fingerprint density at radius 1 is 1.20 bits per heavy atom. The van der Waals surface area contributed by atoms with Crippen LogP contribution in [0.15, 0.2) is 35.1 Å². The fourth-order valence-electron chi connectivity index (χ4n) is 1.91. The van der Waals surface area contributed by atoms with Crippen molar-refractivity contribution >= 4 is 21.7 Å². The number of hydrogen-bond acceptors (Lipinski definition) is 4. The number of aromatic nitrogens is 2. The molecule has 0 aliphatic rings. The Bertz CT molecular complexity index is 575. The number of anilines is 1. The fourth-order valence-corrected chi connectivity index (χ4v) is 2.28. The molecule has 0 saturated carbocycles. The van der Waals surface area contributed by atoms with Gasteiger partial charge in [0, 0.05) is 6.54 Å². The average molecular weight is 336 g/mol. The van der Waals surface area contributed by atoms with Crippen LogP contribution < -0.4 is 10.1 Å². The van der Waals surface area contributed by atoms with Gasteiger partial charge in [-0.15, -0.1) is 0 Å². The SMILES string of the molecule is CCCc1c(NCC)ncnc1Oc1ccccc1Br. The molecule has 0 fully saturated rings. The van der Waals surface area contributed by atoms with Gasteiger partial charge < -0.3 is 10.1 Å². The van der Waals surface area contributed by atoms with Crippen molar-refractivity contribution in [1.29, 1.82) is 0 Å². The summed E-state index contributed by atoms with van der Waals surface area (Å²) in [7, 11) is 0. The Labute approximate surface area is 127 Å². The third-order valence-electron chi connectivity index (χ3n) is 2.79. The summed E-state index contributed by atoms with van der Waals surface area (Å²) >= 11 is 3.48. The number of nitrogens with zero attached hydrogens (tertiary/aromatic N) is 2. The van der Waals surface area contributed by atoms with E-state index in [1.54, 1.807) is 0 Å². The Morgan fingerprint density at radius 2 is 2.00 bits per heavy atom. The maximum absolute atomic E-state index is 5.94. The van der Waals surface area contributed by atoms with E-state index in [0.717, 1.165) is 41.0 Å². The van der Waals surface area contributed by atoms with Crippen LogP contribution in [0.5, 0.6) is 11.6 Å². The normalized spacial score (nSPS) is 10.3. The number of halogens is 1. The first-order chi connectivity index (χ1) is 9.76. The second kappa shape index (κ2) is 7.24. The van der Waals surface area contributed by atoms with Crippen LogP contribution in [0.1, 0.15) is 25.8 Å². The summed E-state index contributed by atoms with van der Waals surface area (Å²) in [5.41, 5.74) is 1.02. The maximum Gasteiger partial charge on any atom is 0.227 e. The molecule has 0 atom stereocenters. The largest absolute Gasteiger partial charge is 0.437 e. The third kappa shape index (κ3) is 3.48.